The topological polar surface area (TPSA) is 63.1 Å². The third-order valence-electron chi connectivity index (χ3n) is 4.08. The molecule has 0 spiro atoms. The van der Waals surface area contributed by atoms with Crippen molar-refractivity contribution in [2.24, 2.45) is 0 Å². The van der Waals surface area contributed by atoms with Crippen LogP contribution in [0.5, 0.6) is 0 Å². The number of hydrogen-bond donors (Lipinski definition) is 1. The van der Waals surface area contributed by atoms with Crippen molar-refractivity contribution < 1.29 is 9.90 Å². The molecule has 0 bridgehead atoms. The summed E-state index contributed by atoms with van der Waals surface area (Å²) in [5.74, 6) is -0.992. The summed E-state index contributed by atoms with van der Waals surface area (Å²) in [5, 5.41) is 9.87. The van der Waals surface area contributed by atoms with Crippen molar-refractivity contribution in [2.45, 2.75) is 0 Å². The van der Waals surface area contributed by atoms with Gasteiger partial charge in [0.2, 0.25) is 0 Å². The smallest absolute Gasteiger partial charge is 0.335 e. The van der Waals surface area contributed by atoms with Gasteiger partial charge in [-0.3, -0.25) is 0 Å². The third kappa shape index (κ3) is 3.03. The van der Waals surface area contributed by atoms with Gasteiger partial charge in [-0.05, 0) is 30.3 Å². The van der Waals surface area contributed by atoms with Crippen LogP contribution in [0.15, 0.2) is 72.8 Å². The van der Waals surface area contributed by atoms with Crippen molar-refractivity contribution >= 4 is 28.6 Å². The second-order valence-electron chi connectivity index (χ2n) is 5.80. The van der Waals surface area contributed by atoms with Crippen LogP contribution >= 0.6 is 11.6 Å². The standard InChI is InChI=1S/C21H13ClN2O2/c22-16-9-6-14(7-10-16)20-19(13-4-2-1-3-5-13)23-17-11-8-15(21(25)26)12-18(17)24-20/h1-12H,(H,25,26). The minimum absolute atomic E-state index is 0.182. The Bertz CT molecular complexity index is 1110. The zero-order valence-electron chi connectivity index (χ0n) is 13.6. The monoisotopic (exact) mass is 360 g/mol. The predicted octanol–water partition coefficient (Wildman–Crippen LogP) is 5.32. The first kappa shape index (κ1) is 16.2. The van der Waals surface area contributed by atoms with Gasteiger partial charge in [-0.1, -0.05) is 54.1 Å². The highest BCUT2D eigenvalue weighted by atomic mass is 35.5. The molecule has 0 amide bonds. The lowest BCUT2D eigenvalue weighted by Gasteiger charge is -2.11. The normalized spacial score (nSPS) is 10.8. The van der Waals surface area contributed by atoms with Crippen LogP contribution in [0.3, 0.4) is 0 Å². The van der Waals surface area contributed by atoms with Gasteiger partial charge in [0.15, 0.2) is 0 Å². The number of aromatic carboxylic acids is 1. The number of carbonyl (C=O) groups is 1. The number of carboxylic acid groups (broad SMARTS) is 1. The van der Waals surface area contributed by atoms with Crippen molar-refractivity contribution in [3.63, 3.8) is 0 Å². The number of carboxylic acids is 1. The maximum atomic E-state index is 11.3. The lowest BCUT2D eigenvalue weighted by Crippen LogP contribution is -1.99. The molecular formula is C21H13ClN2O2. The number of fused-ring (bicyclic) bond motifs is 1. The van der Waals surface area contributed by atoms with Crippen LogP contribution in [0, 0.1) is 0 Å². The van der Waals surface area contributed by atoms with Crippen LogP contribution in [0.25, 0.3) is 33.5 Å². The first-order chi connectivity index (χ1) is 12.6. The molecule has 0 saturated carbocycles. The second kappa shape index (κ2) is 6.58. The fourth-order valence-electron chi connectivity index (χ4n) is 2.79. The quantitative estimate of drug-likeness (QED) is 0.537. The molecule has 1 N–H and O–H groups in total. The number of halogens is 1. The Hall–Kier alpha value is -3.24. The van der Waals surface area contributed by atoms with Crippen LogP contribution in [-0.4, -0.2) is 21.0 Å². The van der Waals surface area contributed by atoms with Crippen molar-refractivity contribution in [1.29, 1.82) is 0 Å². The highest BCUT2D eigenvalue weighted by molar-refractivity contribution is 6.30. The minimum Gasteiger partial charge on any atom is -0.478 e. The van der Waals surface area contributed by atoms with Crippen LogP contribution in [0.1, 0.15) is 10.4 Å². The molecule has 4 rings (SSSR count). The van der Waals surface area contributed by atoms with Gasteiger partial charge in [0.1, 0.15) is 0 Å². The van der Waals surface area contributed by atoms with Crippen molar-refractivity contribution in [2.75, 3.05) is 0 Å². The highest BCUT2D eigenvalue weighted by Gasteiger charge is 2.14. The largest absolute Gasteiger partial charge is 0.478 e. The van der Waals surface area contributed by atoms with Gasteiger partial charge in [-0.25, -0.2) is 14.8 Å². The molecular weight excluding hydrogens is 348 g/mol. The number of rotatable bonds is 3. The van der Waals surface area contributed by atoms with Gasteiger partial charge < -0.3 is 5.11 Å². The Morgan fingerprint density at radius 2 is 1.38 bits per heavy atom. The summed E-state index contributed by atoms with van der Waals surface area (Å²) < 4.78 is 0. The van der Waals surface area contributed by atoms with E-state index in [0.29, 0.717) is 21.7 Å². The molecule has 1 heterocycles. The number of benzene rings is 3. The van der Waals surface area contributed by atoms with E-state index in [-0.39, 0.29) is 5.56 Å². The molecule has 26 heavy (non-hydrogen) atoms. The molecule has 0 aliphatic heterocycles. The molecule has 4 nitrogen and oxygen atoms in total. The van der Waals surface area contributed by atoms with Gasteiger partial charge in [0, 0.05) is 16.1 Å². The number of hydrogen-bond acceptors (Lipinski definition) is 3. The van der Waals surface area contributed by atoms with Crippen molar-refractivity contribution in [1.82, 2.24) is 9.97 Å². The predicted molar refractivity (Wildman–Crippen MR) is 102 cm³/mol. The van der Waals surface area contributed by atoms with Crippen molar-refractivity contribution in [3.8, 4) is 22.5 Å². The lowest BCUT2D eigenvalue weighted by molar-refractivity contribution is 0.0697. The molecule has 4 aromatic rings. The molecule has 0 saturated heterocycles. The molecule has 0 unspecified atom stereocenters. The first-order valence-corrected chi connectivity index (χ1v) is 8.36. The van der Waals surface area contributed by atoms with Gasteiger partial charge in [0.25, 0.3) is 0 Å². The molecule has 0 aliphatic rings. The molecule has 0 fully saturated rings. The van der Waals surface area contributed by atoms with Crippen LogP contribution in [-0.2, 0) is 0 Å². The molecule has 126 valence electrons. The van der Waals surface area contributed by atoms with E-state index in [9.17, 15) is 9.90 Å². The Morgan fingerprint density at radius 1 is 0.769 bits per heavy atom. The zero-order chi connectivity index (χ0) is 18.1. The molecule has 3 aromatic carbocycles. The van der Waals surface area contributed by atoms with Gasteiger partial charge >= 0.3 is 5.97 Å². The van der Waals surface area contributed by atoms with E-state index in [0.717, 1.165) is 16.8 Å². The van der Waals surface area contributed by atoms with Crippen molar-refractivity contribution in [3.05, 3.63) is 83.4 Å². The third-order valence-corrected chi connectivity index (χ3v) is 4.33. The molecule has 0 radical (unpaired) electrons. The second-order valence-corrected chi connectivity index (χ2v) is 6.24. The van der Waals surface area contributed by atoms with E-state index in [2.05, 4.69) is 0 Å². The Morgan fingerprint density at radius 3 is 2.04 bits per heavy atom. The number of nitrogens with zero attached hydrogens (tertiary/aromatic N) is 2. The van der Waals surface area contributed by atoms with E-state index in [1.54, 1.807) is 24.3 Å². The fourth-order valence-corrected chi connectivity index (χ4v) is 2.92. The summed E-state index contributed by atoms with van der Waals surface area (Å²) in [6.45, 7) is 0. The summed E-state index contributed by atoms with van der Waals surface area (Å²) in [4.78, 5) is 20.7. The Kier molecular flexibility index (Phi) is 4.11. The first-order valence-electron chi connectivity index (χ1n) is 7.98. The van der Waals surface area contributed by atoms with E-state index in [4.69, 9.17) is 21.6 Å². The summed E-state index contributed by atoms with van der Waals surface area (Å²) in [5.41, 5.74) is 4.59. The highest BCUT2D eigenvalue weighted by Crippen LogP contribution is 2.31. The number of aromatic nitrogens is 2. The van der Waals surface area contributed by atoms with Gasteiger partial charge in [-0.15, -0.1) is 0 Å². The Balaban J connectivity index is 2.01. The van der Waals surface area contributed by atoms with Crippen LogP contribution in [0.2, 0.25) is 5.02 Å². The average molecular weight is 361 g/mol. The lowest BCUT2D eigenvalue weighted by atomic mass is 10.0. The van der Waals surface area contributed by atoms with Gasteiger partial charge in [0.05, 0.1) is 28.0 Å². The molecule has 1 aromatic heterocycles. The molecule has 0 atom stereocenters. The average Bonchev–Trinajstić information content (AvgIpc) is 2.68. The summed E-state index contributed by atoms with van der Waals surface area (Å²) in [7, 11) is 0. The van der Waals surface area contributed by atoms with E-state index in [1.807, 2.05) is 42.5 Å². The van der Waals surface area contributed by atoms with Crippen LogP contribution < -0.4 is 0 Å². The van der Waals surface area contributed by atoms with E-state index < -0.39 is 5.97 Å². The molecule has 5 heteroatoms. The molecule has 0 aliphatic carbocycles. The van der Waals surface area contributed by atoms with E-state index >= 15 is 0 Å². The van der Waals surface area contributed by atoms with Gasteiger partial charge in [-0.2, -0.15) is 0 Å². The zero-order valence-corrected chi connectivity index (χ0v) is 14.3. The SMILES string of the molecule is O=C(O)c1ccc2nc(-c3ccccc3)c(-c3ccc(Cl)cc3)nc2c1. The Labute approximate surface area is 154 Å². The summed E-state index contributed by atoms with van der Waals surface area (Å²) in [6, 6.07) is 21.9. The minimum atomic E-state index is -0.992. The summed E-state index contributed by atoms with van der Waals surface area (Å²) >= 11 is 6.01. The summed E-state index contributed by atoms with van der Waals surface area (Å²) in [6.07, 6.45) is 0. The maximum absolute atomic E-state index is 11.3. The van der Waals surface area contributed by atoms with Crippen LogP contribution in [0.4, 0.5) is 0 Å². The fraction of sp³-hybridized carbons (Fsp3) is 0. The maximum Gasteiger partial charge on any atom is 0.335 e. The van der Waals surface area contributed by atoms with E-state index in [1.165, 1.54) is 6.07 Å².